The van der Waals surface area contributed by atoms with Gasteiger partial charge in [0.05, 0.1) is 36.6 Å². The van der Waals surface area contributed by atoms with Crippen molar-refractivity contribution in [2.75, 3.05) is 31.1 Å². The van der Waals surface area contributed by atoms with Crippen LogP contribution in [0.3, 0.4) is 0 Å². The van der Waals surface area contributed by atoms with Crippen LogP contribution in [-0.2, 0) is 4.74 Å². The van der Waals surface area contributed by atoms with E-state index in [1.165, 1.54) is 11.1 Å². The maximum absolute atomic E-state index is 10.6. The normalized spacial score (nSPS) is 28.0. The number of hydrogen-bond donors (Lipinski definition) is 2. The molecule has 31 heavy (non-hydrogen) atoms. The van der Waals surface area contributed by atoms with Crippen LogP contribution in [0, 0.1) is 13.8 Å². The molecule has 0 unspecified atom stereocenters. The third-order valence-electron chi connectivity index (χ3n) is 7.03. The number of nitrogens with zero attached hydrogens (tertiary/aromatic N) is 5. The van der Waals surface area contributed by atoms with Crippen LogP contribution in [0.5, 0.6) is 0 Å². The number of aliphatic hydroxyl groups excluding tert-OH is 1. The lowest BCUT2D eigenvalue weighted by atomic mass is 9.85. The summed E-state index contributed by atoms with van der Waals surface area (Å²) in [6, 6.07) is 6.81. The van der Waals surface area contributed by atoms with E-state index in [-0.39, 0.29) is 12.0 Å². The number of benzene rings is 1. The molecule has 3 aliphatic heterocycles. The van der Waals surface area contributed by atoms with Crippen LogP contribution in [0.15, 0.2) is 24.4 Å². The number of aliphatic hydroxyl groups is 1. The molecule has 2 N–H and O–H groups in total. The molecule has 4 atom stereocenters. The molecule has 2 aromatic heterocycles. The maximum atomic E-state index is 10.6. The molecule has 5 heterocycles. The van der Waals surface area contributed by atoms with Gasteiger partial charge in [-0.05, 0) is 56.5 Å². The number of aromatic nitrogens is 4. The second kappa shape index (κ2) is 7.25. The van der Waals surface area contributed by atoms with Gasteiger partial charge in [-0.25, -0.2) is 14.6 Å². The summed E-state index contributed by atoms with van der Waals surface area (Å²) in [7, 11) is 0. The molecule has 3 fully saturated rings. The average molecular weight is 421 g/mol. The smallest absolute Gasteiger partial charge is 0.159 e. The van der Waals surface area contributed by atoms with Gasteiger partial charge in [-0.15, -0.1) is 0 Å². The molecule has 0 spiro atoms. The van der Waals surface area contributed by atoms with E-state index in [0.717, 1.165) is 60.9 Å². The van der Waals surface area contributed by atoms with Crippen molar-refractivity contribution >= 4 is 16.7 Å². The summed E-state index contributed by atoms with van der Waals surface area (Å²) < 4.78 is 7.67. The first-order valence-electron chi connectivity index (χ1n) is 11.2. The summed E-state index contributed by atoms with van der Waals surface area (Å²) >= 11 is 0. The van der Waals surface area contributed by atoms with Gasteiger partial charge in [0, 0.05) is 30.5 Å². The van der Waals surface area contributed by atoms with Crippen molar-refractivity contribution in [1.29, 1.82) is 0 Å². The topological polar surface area (TPSA) is 88.3 Å². The van der Waals surface area contributed by atoms with Crippen molar-refractivity contribution < 1.29 is 9.84 Å². The number of nitrogens with one attached hydrogen (secondary N) is 1. The Hall–Kier alpha value is -2.55. The number of fused-ring (bicyclic) bond motifs is 3. The number of morpholine rings is 1. The zero-order valence-electron chi connectivity index (χ0n) is 18.0. The Bertz CT molecular complexity index is 1140. The first kappa shape index (κ1) is 19.2. The third kappa shape index (κ3) is 3.21. The fraction of sp³-hybridized carbons (Fsp3) is 0.522. The highest BCUT2D eigenvalue weighted by Crippen LogP contribution is 2.34. The number of piperidine rings is 1. The van der Waals surface area contributed by atoms with Crippen LogP contribution >= 0.6 is 0 Å². The second-order valence-electron chi connectivity index (χ2n) is 9.12. The molecular weight excluding hydrogens is 392 g/mol. The van der Waals surface area contributed by atoms with E-state index >= 15 is 0 Å². The zero-order valence-corrected chi connectivity index (χ0v) is 18.0. The minimum atomic E-state index is -0.373. The predicted octanol–water partition coefficient (Wildman–Crippen LogP) is 1.85. The summed E-state index contributed by atoms with van der Waals surface area (Å²) in [5, 5.41) is 19.6. The Morgan fingerprint density at radius 2 is 2.03 bits per heavy atom. The Balaban J connectivity index is 1.42. The van der Waals surface area contributed by atoms with Gasteiger partial charge in [-0.3, -0.25) is 0 Å². The van der Waals surface area contributed by atoms with E-state index < -0.39 is 0 Å². The van der Waals surface area contributed by atoms with Crippen LogP contribution in [0.25, 0.3) is 16.7 Å². The molecule has 162 valence electrons. The van der Waals surface area contributed by atoms with Crippen molar-refractivity contribution in [2.24, 2.45) is 0 Å². The molecule has 2 bridgehead atoms. The number of anilines is 1. The summed E-state index contributed by atoms with van der Waals surface area (Å²) in [6.07, 6.45) is 3.84. The van der Waals surface area contributed by atoms with Gasteiger partial charge < -0.3 is 20.1 Å². The van der Waals surface area contributed by atoms with Gasteiger partial charge in [0.25, 0.3) is 0 Å². The Labute approximate surface area is 181 Å². The molecule has 3 saturated heterocycles. The van der Waals surface area contributed by atoms with Crippen LogP contribution in [0.2, 0.25) is 0 Å². The molecule has 0 amide bonds. The second-order valence-corrected chi connectivity index (χ2v) is 9.12. The molecular formula is C23H28N6O2. The molecule has 8 heteroatoms. The lowest BCUT2D eigenvalue weighted by Gasteiger charge is -2.30. The molecule has 1 aromatic carbocycles. The van der Waals surface area contributed by atoms with Gasteiger partial charge in [0.1, 0.15) is 11.6 Å². The maximum Gasteiger partial charge on any atom is 0.159 e. The lowest BCUT2D eigenvalue weighted by Crippen LogP contribution is -2.39. The predicted molar refractivity (Wildman–Crippen MR) is 118 cm³/mol. The van der Waals surface area contributed by atoms with E-state index in [2.05, 4.69) is 34.4 Å². The SMILES string of the molecule is Cc1nc(N2C[C@H]3C[C@@H]2CO3)cc(-n2ncc3cc(C)c([C@H]4CCNC[C@H]4O)cc32)n1. The van der Waals surface area contributed by atoms with Crippen molar-refractivity contribution in [3.05, 3.63) is 41.3 Å². The Morgan fingerprint density at radius 3 is 2.81 bits per heavy atom. The quantitative estimate of drug-likeness (QED) is 0.669. The van der Waals surface area contributed by atoms with Crippen LogP contribution < -0.4 is 10.2 Å². The van der Waals surface area contributed by atoms with E-state index in [1.807, 2.05) is 23.9 Å². The van der Waals surface area contributed by atoms with E-state index in [1.54, 1.807) is 0 Å². The summed E-state index contributed by atoms with van der Waals surface area (Å²) in [5.41, 5.74) is 3.41. The minimum Gasteiger partial charge on any atom is -0.391 e. The number of hydrogen-bond acceptors (Lipinski definition) is 7. The van der Waals surface area contributed by atoms with Crippen molar-refractivity contribution in [2.45, 2.75) is 50.9 Å². The van der Waals surface area contributed by atoms with Crippen LogP contribution in [0.4, 0.5) is 5.82 Å². The third-order valence-corrected chi connectivity index (χ3v) is 7.03. The van der Waals surface area contributed by atoms with E-state index in [4.69, 9.17) is 14.7 Å². The largest absolute Gasteiger partial charge is 0.391 e. The summed E-state index contributed by atoms with van der Waals surface area (Å²) in [5.74, 6) is 2.60. The Morgan fingerprint density at radius 1 is 1.16 bits per heavy atom. The molecule has 3 aromatic rings. The fourth-order valence-electron chi connectivity index (χ4n) is 5.46. The van der Waals surface area contributed by atoms with Crippen molar-refractivity contribution in [3.8, 4) is 5.82 Å². The number of rotatable bonds is 3. The summed E-state index contributed by atoms with van der Waals surface area (Å²) in [4.78, 5) is 11.8. The fourth-order valence-corrected chi connectivity index (χ4v) is 5.46. The van der Waals surface area contributed by atoms with E-state index in [0.29, 0.717) is 18.7 Å². The van der Waals surface area contributed by atoms with Gasteiger partial charge in [0.15, 0.2) is 5.82 Å². The zero-order chi connectivity index (χ0) is 21.1. The molecule has 3 aliphatic rings. The first-order valence-corrected chi connectivity index (χ1v) is 11.2. The molecule has 0 saturated carbocycles. The highest BCUT2D eigenvalue weighted by molar-refractivity contribution is 5.82. The van der Waals surface area contributed by atoms with Crippen molar-refractivity contribution in [1.82, 2.24) is 25.1 Å². The molecule has 6 rings (SSSR count). The number of aryl methyl sites for hydroxylation is 2. The van der Waals surface area contributed by atoms with Gasteiger partial charge in [-0.2, -0.15) is 5.10 Å². The van der Waals surface area contributed by atoms with Crippen molar-refractivity contribution in [3.63, 3.8) is 0 Å². The van der Waals surface area contributed by atoms with E-state index in [9.17, 15) is 5.11 Å². The number of ether oxygens (including phenoxy) is 1. The highest BCUT2D eigenvalue weighted by Gasteiger charge is 2.39. The van der Waals surface area contributed by atoms with Gasteiger partial charge in [0.2, 0.25) is 0 Å². The van der Waals surface area contributed by atoms with Gasteiger partial charge in [-0.1, -0.05) is 0 Å². The highest BCUT2D eigenvalue weighted by atomic mass is 16.5. The lowest BCUT2D eigenvalue weighted by molar-refractivity contribution is 0.0988. The van der Waals surface area contributed by atoms with Gasteiger partial charge >= 0.3 is 0 Å². The molecule has 0 radical (unpaired) electrons. The standard InChI is InChI=1S/C23H28N6O2/c1-13-5-15-9-25-29(20(15)7-19(13)18-3-4-24-10-21(18)30)23-8-22(26-14(2)27-23)28-11-17-6-16(28)12-31-17/h5,7-9,16-18,21,24,30H,3-4,6,10-12H2,1-2H3/t16-,17-,18-,21-/m1/s1. The van der Waals surface area contributed by atoms with Crippen LogP contribution in [0.1, 0.15) is 35.7 Å². The molecule has 0 aliphatic carbocycles. The minimum absolute atomic E-state index is 0.136. The summed E-state index contributed by atoms with van der Waals surface area (Å²) in [6.45, 7) is 7.28. The van der Waals surface area contributed by atoms with Crippen LogP contribution in [-0.4, -0.2) is 69.3 Å². The first-order chi connectivity index (χ1) is 15.1. The molecule has 8 nitrogen and oxygen atoms in total. The number of β-amino-alcohol motifs (C(OH)–C–C–N with tert-alkyl or cyclic N) is 1. The monoisotopic (exact) mass is 420 g/mol. The Kier molecular flexibility index (Phi) is 4.48. The average Bonchev–Trinajstić information content (AvgIpc) is 3.49.